The lowest BCUT2D eigenvalue weighted by atomic mass is 10.1. The molecule has 0 saturated heterocycles. The highest BCUT2D eigenvalue weighted by Gasteiger charge is 1.97. The van der Waals surface area contributed by atoms with E-state index in [4.69, 9.17) is 18.0 Å². The fraction of sp³-hybridized carbons (Fsp3) is 0. The minimum atomic E-state index is 0.458. The minimum absolute atomic E-state index is 0.458. The van der Waals surface area contributed by atoms with E-state index in [0.717, 1.165) is 0 Å². The summed E-state index contributed by atoms with van der Waals surface area (Å²) < 4.78 is 0. The van der Waals surface area contributed by atoms with Crippen LogP contribution in [0.2, 0.25) is 5.02 Å². The highest BCUT2D eigenvalue weighted by atomic mass is 35.5. The third-order valence-electron chi connectivity index (χ3n) is 1.30. The molecular weight excluding hydrogens is 160 g/mol. The van der Waals surface area contributed by atoms with E-state index in [-0.39, 0.29) is 0 Å². The predicted octanol–water partition coefficient (Wildman–Crippen LogP) is 2.13. The first-order chi connectivity index (χ1) is 5.27. The lowest BCUT2D eigenvalue weighted by Crippen LogP contribution is -1.85. The fourth-order valence-electron chi connectivity index (χ4n) is 0.763. The maximum Gasteiger partial charge on any atom is 0.151 e. The maximum absolute atomic E-state index is 10.4. The minimum Gasteiger partial charge on any atom is -0.298 e. The van der Waals surface area contributed by atoms with Crippen LogP contribution in [0.4, 0.5) is 0 Å². The van der Waals surface area contributed by atoms with E-state index in [1.165, 1.54) is 0 Å². The molecule has 0 unspecified atom stereocenters. The molecule has 1 aromatic rings. The van der Waals surface area contributed by atoms with Gasteiger partial charge in [-0.05, 0) is 18.2 Å². The van der Waals surface area contributed by atoms with Gasteiger partial charge < -0.3 is 0 Å². The number of carbonyl (C=O) groups excluding carboxylic acids is 1. The molecule has 0 radical (unpaired) electrons. The summed E-state index contributed by atoms with van der Waals surface area (Å²) in [7, 11) is 0. The molecule has 2 heteroatoms. The third-order valence-corrected chi connectivity index (χ3v) is 1.53. The molecule has 0 N–H and O–H groups in total. The smallest absolute Gasteiger partial charge is 0.151 e. The molecular formula is C9H5ClO. The number of rotatable bonds is 1. The van der Waals surface area contributed by atoms with Crippen molar-refractivity contribution in [1.82, 2.24) is 0 Å². The van der Waals surface area contributed by atoms with Crippen molar-refractivity contribution in [3.63, 3.8) is 0 Å². The topological polar surface area (TPSA) is 17.1 Å². The zero-order valence-electron chi connectivity index (χ0n) is 5.67. The van der Waals surface area contributed by atoms with Gasteiger partial charge in [-0.2, -0.15) is 0 Å². The molecule has 1 nitrogen and oxygen atoms in total. The Morgan fingerprint density at radius 3 is 2.82 bits per heavy atom. The third kappa shape index (κ3) is 1.60. The van der Waals surface area contributed by atoms with Gasteiger partial charge in [0.1, 0.15) is 0 Å². The van der Waals surface area contributed by atoms with E-state index in [9.17, 15) is 4.79 Å². The Labute approximate surface area is 70.0 Å². The number of hydrogen-bond donors (Lipinski definition) is 0. The molecule has 1 rings (SSSR count). The van der Waals surface area contributed by atoms with Crippen LogP contribution in [0.25, 0.3) is 0 Å². The van der Waals surface area contributed by atoms with E-state index in [1.54, 1.807) is 18.2 Å². The van der Waals surface area contributed by atoms with Crippen molar-refractivity contribution < 1.29 is 4.79 Å². The molecule has 0 atom stereocenters. The van der Waals surface area contributed by atoms with Crippen LogP contribution >= 0.6 is 11.6 Å². The molecule has 11 heavy (non-hydrogen) atoms. The Kier molecular flexibility index (Phi) is 2.30. The lowest BCUT2D eigenvalue weighted by molar-refractivity contribution is 0.112. The Hall–Kier alpha value is -1.26. The number of carbonyl (C=O) groups is 1. The summed E-state index contributed by atoms with van der Waals surface area (Å²) >= 11 is 5.63. The first-order valence-corrected chi connectivity index (χ1v) is 3.37. The van der Waals surface area contributed by atoms with Gasteiger partial charge in [0.05, 0.1) is 0 Å². The van der Waals surface area contributed by atoms with Gasteiger partial charge in [0.2, 0.25) is 0 Å². The molecule has 0 spiro atoms. The molecule has 0 fully saturated rings. The summed E-state index contributed by atoms with van der Waals surface area (Å²) in [4.78, 5) is 10.4. The molecule has 0 amide bonds. The zero-order valence-corrected chi connectivity index (χ0v) is 6.43. The molecule has 0 aliphatic heterocycles. The van der Waals surface area contributed by atoms with Crippen molar-refractivity contribution in [2.75, 3.05) is 0 Å². The number of benzene rings is 1. The quantitative estimate of drug-likeness (QED) is 0.459. The number of hydrogen-bond acceptors (Lipinski definition) is 1. The molecule has 0 aromatic heterocycles. The standard InChI is InChI=1S/C9H5ClO/c1-2-7-3-4-9(10)5-8(7)6-11/h1,3-6H. The highest BCUT2D eigenvalue weighted by Crippen LogP contribution is 2.13. The second kappa shape index (κ2) is 3.23. The summed E-state index contributed by atoms with van der Waals surface area (Å²) in [5.41, 5.74) is 1.03. The Morgan fingerprint density at radius 1 is 1.55 bits per heavy atom. The maximum atomic E-state index is 10.4. The summed E-state index contributed by atoms with van der Waals surface area (Å²) in [6.07, 6.45) is 5.82. The van der Waals surface area contributed by atoms with Crippen LogP contribution in [0.15, 0.2) is 18.2 Å². The highest BCUT2D eigenvalue weighted by molar-refractivity contribution is 6.30. The van der Waals surface area contributed by atoms with Crippen LogP contribution in [-0.4, -0.2) is 6.29 Å². The molecule has 54 valence electrons. The molecule has 0 aliphatic rings. The van der Waals surface area contributed by atoms with Gasteiger partial charge in [0.15, 0.2) is 6.29 Å². The van der Waals surface area contributed by atoms with Gasteiger partial charge >= 0.3 is 0 Å². The Balaban J connectivity index is 3.30. The van der Waals surface area contributed by atoms with E-state index in [0.29, 0.717) is 22.4 Å². The first kappa shape index (κ1) is 7.84. The number of aldehydes is 1. The predicted molar refractivity (Wildman–Crippen MR) is 44.8 cm³/mol. The van der Waals surface area contributed by atoms with Gasteiger partial charge in [-0.25, -0.2) is 0 Å². The van der Waals surface area contributed by atoms with Gasteiger partial charge in [-0.1, -0.05) is 17.5 Å². The van der Waals surface area contributed by atoms with Gasteiger partial charge in [-0.15, -0.1) is 6.42 Å². The van der Waals surface area contributed by atoms with Crippen LogP contribution in [-0.2, 0) is 0 Å². The van der Waals surface area contributed by atoms with E-state index in [2.05, 4.69) is 5.92 Å². The SMILES string of the molecule is C#Cc1ccc(Cl)cc1C=O. The van der Waals surface area contributed by atoms with Crippen LogP contribution in [0, 0.1) is 12.3 Å². The molecule has 0 saturated carbocycles. The van der Waals surface area contributed by atoms with Gasteiger partial charge in [-0.3, -0.25) is 4.79 Å². The molecule has 0 heterocycles. The molecule has 0 aliphatic carbocycles. The van der Waals surface area contributed by atoms with Crippen LogP contribution in [0.1, 0.15) is 15.9 Å². The van der Waals surface area contributed by atoms with Crippen molar-refractivity contribution in [1.29, 1.82) is 0 Å². The van der Waals surface area contributed by atoms with E-state index >= 15 is 0 Å². The van der Waals surface area contributed by atoms with E-state index in [1.807, 2.05) is 0 Å². The summed E-state index contributed by atoms with van der Waals surface area (Å²) in [5.74, 6) is 2.38. The van der Waals surface area contributed by atoms with Crippen molar-refractivity contribution in [2.45, 2.75) is 0 Å². The van der Waals surface area contributed by atoms with Crippen LogP contribution in [0.5, 0.6) is 0 Å². The van der Waals surface area contributed by atoms with Gasteiger partial charge in [0.25, 0.3) is 0 Å². The first-order valence-electron chi connectivity index (χ1n) is 2.99. The van der Waals surface area contributed by atoms with E-state index < -0.39 is 0 Å². The van der Waals surface area contributed by atoms with Crippen molar-refractivity contribution >= 4 is 17.9 Å². The monoisotopic (exact) mass is 164 g/mol. The lowest BCUT2D eigenvalue weighted by Gasteiger charge is -1.95. The second-order valence-electron chi connectivity index (χ2n) is 1.99. The molecule has 1 aromatic carbocycles. The number of terminal acetylenes is 1. The largest absolute Gasteiger partial charge is 0.298 e. The van der Waals surface area contributed by atoms with Crippen LogP contribution in [0.3, 0.4) is 0 Å². The summed E-state index contributed by atoms with van der Waals surface area (Å²) in [5, 5.41) is 0.520. The molecule has 0 bridgehead atoms. The average Bonchev–Trinajstić information content (AvgIpc) is 2.04. The zero-order chi connectivity index (χ0) is 8.27. The van der Waals surface area contributed by atoms with Crippen LogP contribution < -0.4 is 0 Å². The Morgan fingerprint density at radius 2 is 2.27 bits per heavy atom. The normalized spacial score (nSPS) is 8.73. The average molecular weight is 165 g/mol. The van der Waals surface area contributed by atoms with Gasteiger partial charge in [0, 0.05) is 16.1 Å². The van der Waals surface area contributed by atoms with Crippen molar-refractivity contribution in [3.8, 4) is 12.3 Å². The van der Waals surface area contributed by atoms with Crippen molar-refractivity contribution in [3.05, 3.63) is 34.3 Å². The fourth-order valence-corrected chi connectivity index (χ4v) is 0.943. The van der Waals surface area contributed by atoms with Crippen molar-refractivity contribution in [2.24, 2.45) is 0 Å². The second-order valence-corrected chi connectivity index (χ2v) is 2.43. The Bertz CT molecular complexity index is 323. The summed E-state index contributed by atoms with van der Waals surface area (Å²) in [6.45, 7) is 0. The summed E-state index contributed by atoms with van der Waals surface area (Å²) in [6, 6.07) is 4.85. The number of halogens is 1.